The summed E-state index contributed by atoms with van der Waals surface area (Å²) in [5.74, 6) is -0.541. The third-order valence-electron chi connectivity index (χ3n) is 11.0. The third-order valence-corrected chi connectivity index (χ3v) is 11.0. The molecule has 0 aliphatic rings. The van der Waals surface area contributed by atoms with E-state index in [1.54, 1.807) is 0 Å². The Morgan fingerprint density at radius 2 is 0.850 bits per heavy atom. The van der Waals surface area contributed by atoms with Gasteiger partial charge in [-0.05, 0) is 103 Å². The van der Waals surface area contributed by atoms with Crippen molar-refractivity contribution in [1.82, 2.24) is 5.32 Å². The third kappa shape index (κ3) is 42.0. The topological polar surface area (TPSA) is 95.9 Å². The lowest BCUT2D eigenvalue weighted by Gasteiger charge is -2.24. The fourth-order valence-corrected chi connectivity index (χ4v) is 7.15. The molecule has 0 radical (unpaired) electrons. The Balaban J connectivity index is 4.70. The van der Waals surface area contributed by atoms with Gasteiger partial charge in [0.25, 0.3) is 0 Å². The maximum absolute atomic E-state index is 13.2. The summed E-state index contributed by atoms with van der Waals surface area (Å²) >= 11 is 0. The number of hydrogen-bond donors (Lipinski definition) is 3. The smallest absolute Gasteiger partial charge is 0.306 e. The number of ether oxygens (including phenoxy) is 1. The van der Waals surface area contributed by atoms with Crippen LogP contribution in [-0.4, -0.2) is 46.9 Å². The molecule has 3 atom stereocenters. The summed E-state index contributed by atoms with van der Waals surface area (Å²) in [6.45, 7) is 6.38. The zero-order valence-electron chi connectivity index (χ0n) is 39.3. The van der Waals surface area contributed by atoms with Crippen LogP contribution in [0.4, 0.5) is 0 Å². The molecular weight excluding hydrogens is 743 g/mol. The van der Waals surface area contributed by atoms with Crippen molar-refractivity contribution < 1.29 is 24.5 Å². The van der Waals surface area contributed by atoms with Gasteiger partial charge in [0.2, 0.25) is 5.91 Å². The van der Waals surface area contributed by atoms with E-state index in [-0.39, 0.29) is 24.9 Å². The van der Waals surface area contributed by atoms with Crippen LogP contribution in [0.25, 0.3) is 0 Å². The monoisotopic (exact) mass is 838 g/mol. The first-order chi connectivity index (χ1) is 29.5. The van der Waals surface area contributed by atoms with E-state index in [2.05, 4.69) is 99.0 Å². The molecule has 0 aliphatic heterocycles. The summed E-state index contributed by atoms with van der Waals surface area (Å²) in [4.78, 5) is 26.1. The number of unbranched alkanes of at least 4 members (excludes halogenated alkanes) is 20. The summed E-state index contributed by atoms with van der Waals surface area (Å²) in [5.41, 5.74) is 0. The fourth-order valence-electron chi connectivity index (χ4n) is 7.15. The summed E-state index contributed by atoms with van der Waals surface area (Å²) in [6.07, 6.45) is 59.6. The molecule has 0 aromatic rings. The van der Waals surface area contributed by atoms with Crippen molar-refractivity contribution in [2.45, 2.75) is 251 Å². The molecule has 0 aromatic carbocycles. The molecular formula is C54H95NO5. The first kappa shape index (κ1) is 57.3. The first-order valence-corrected chi connectivity index (χ1v) is 25.2. The van der Waals surface area contributed by atoms with Crippen LogP contribution in [-0.2, 0) is 14.3 Å². The van der Waals surface area contributed by atoms with Crippen LogP contribution in [0.1, 0.15) is 233 Å². The number of amides is 1. The number of nitrogens with one attached hydrogen (secondary N) is 1. The molecule has 60 heavy (non-hydrogen) atoms. The number of hydrogen-bond acceptors (Lipinski definition) is 5. The molecule has 0 rings (SSSR count). The lowest BCUT2D eigenvalue weighted by molar-refractivity contribution is -0.151. The SMILES string of the molecule is CCCCC/C=C\C/C=C\C/C=C\CCCCCCC(=O)OC(CCCC/C=C\C/C=C\C/C=C\CCCCC)CC(=O)NC(CO)C(O)CCCCCCCCCCC. The van der Waals surface area contributed by atoms with Gasteiger partial charge in [0.05, 0.1) is 25.2 Å². The van der Waals surface area contributed by atoms with Crippen molar-refractivity contribution in [1.29, 1.82) is 0 Å². The molecule has 0 saturated heterocycles. The highest BCUT2D eigenvalue weighted by molar-refractivity contribution is 5.77. The zero-order valence-corrected chi connectivity index (χ0v) is 39.3. The molecule has 0 bridgehead atoms. The minimum atomic E-state index is -0.803. The van der Waals surface area contributed by atoms with Gasteiger partial charge in [0, 0.05) is 6.42 Å². The summed E-state index contributed by atoms with van der Waals surface area (Å²) < 4.78 is 5.90. The molecule has 6 nitrogen and oxygen atoms in total. The minimum absolute atomic E-state index is 0.0396. The number of aliphatic hydroxyl groups is 2. The second-order valence-corrected chi connectivity index (χ2v) is 16.9. The first-order valence-electron chi connectivity index (χ1n) is 25.2. The molecule has 3 N–H and O–H groups in total. The van der Waals surface area contributed by atoms with Gasteiger partial charge in [-0.2, -0.15) is 0 Å². The molecule has 3 unspecified atom stereocenters. The Labute approximate surface area is 371 Å². The number of rotatable bonds is 44. The Bertz CT molecular complexity index is 1120. The van der Waals surface area contributed by atoms with Crippen LogP contribution in [0.5, 0.6) is 0 Å². The van der Waals surface area contributed by atoms with E-state index >= 15 is 0 Å². The predicted molar refractivity (Wildman–Crippen MR) is 259 cm³/mol. The van der Waals surface area contributed by atoms with Crippen molar-refractivity contribution >= 4 is 11.9 Å². The number of carbonyl (C=O) groups excluding carboxylic acids is 2. The van der Waals surface area contributed by atoms with E-state index in [0.717, 1.165) is 96.3 Å². The highest BCUT2D eigenvalue weighted by Gasteiger charge is 2.24. The molecule has 0 saturated carbocycles. The number of esters is 1. The number of allylic oxidation sites excluding steroid dienone is 12. The largest absolute Gasteiger partial charge is 0.462 e. The molecule has 0 aliphatic carbocycles. The van der Waals surface area contributed by atoms with Gasteiger partial charge in [-0.1, -0.05) is 190 Å². The van der Waals surface area contributed by atoms with Gasteiger partial charge in [0.15, 0.2) is 0 Å². The Hall–Kier alpha value is -2.70. The molecule has 0 fully saturated rings. The van der Waals surface area contributed by atoms with Gasteiger partial charge >= 0.3 is 5.97 Å². The fraction of sp³-hybridized carbons (Fsp3) is 0.741. The van der Waals surface area contributed by atoms with Crippen LogP contribution in [0.2, 0.25) is 0 Å². The van der Waals surface area contributed by atoms with Gasteiger partial charge in [-0.3, -0.25) is 9.59 Å². The summed E-state index contributed by atoms with van der Waals surface area (Å²) in [7, 11) is 0. The molecule has 0 heterocycles. The van der Waals surface area contributed by atoms with Gasteiger partial charge in [-0.25, -0.2) is 0 Å². The number of carbonyl (C=O) groups is 2. The summed E-state index contributed by atoms with van der Waals surface area (Å²) in [6, 6.07) is -0.720. The standard InChI is InChI=1S/C54H95NO5/c1-4-7-10-13-16-19-21-23-25-26-28-30-32-35-38-41-44-47-54(59)60-50(45-42-39-36-34-31-29-27-24-22-20-17-14-11-8-5-2)48-53(58)55-51(49-56)52(57)46-43-40-37-33-18-15-12-9-6-3/h16-17,19-20,23-25,27-28,30-31,34,50-52,56-57H,4-15,18,21-22,26,29,32-33,35-49H2,1-3H3,(H,55,58)/b19-16-,20-17-,25-23-,27-24-,30-28-,34-31-. The van der Waals surface area contributed by atoms with Crippen molar-refractivity contribution in [3.8, 4) is 0 Å². The lowest BCUT2D eigenvalue weighted by atomic mass is 10.0. The van der Waals surface area contributed by atoms with Crippen LogP contribution < -0.4 is 5.32 Å². The Morgan fingerprint density at radius 1 is 0.483 bits per heavy atom. The Morgan fingerprint density at radius 3 is 1.33 bits per heavy atom. The maximum Gasteiger partial charge on any atom is 0.306 e. The predicted octanol–water partition coefficient (Wildman–Crippen LogP) is 15.0. The lowest BCUT2D eigenvalue weighted by Crippen LogP contribution is -2.46. The van der Waals surface area contributed by atoms with Gasteiger partial charge in [0.1, 0.15) is 6.10 Å². The highest BCUT2D eigenvalue weighted by Crippen LogP contribution is 2.16. The quantitative estimate of drug-likeness (QED) is 0.0323. The average Bonchev–Trinajstić information content (AvgIpc) is 3.24. The average molecular weight is 838 g/mol. The van der Waals surface area contributed by atoms with Gasteiger partial charge in [-0.15, -0.1) is 0 Å². The van der Waals surface area contributed by atoms with Crippen molar-refractivity contribution in [3.05, 3.63) is 72.9 Å². The van der Waals surface area contributed by atoms with Crippen molar-refractivity contribution in [3.63, 3.8) is 0 Å². The van der Waals surface area contributed by atoms with E-state index in [9.17, 15) is 19.8 Å². The van der Waals surface area contributed by atoms with Crippen molar-refractivity contribution in [2.24, 2.45) is 0 Å². The van der Waals surface area contributed by atoms with Crippen LogP contribution in [0.3, 0.4) is 0 Å². The summed E-state index contributed by atoms with van der Waals surface area (Å²) in [5, 5.41) is 23.6. The van der Waals surface area contributed by atoms with Gasteiger partial charge < -0.3 is 20.3 Å². The van der Waals surface area contributed by atoms with E-state index in [1.165, 1.54) is 89.9 Å². The number of aliphatic hydroxyl groups excluding tert-OH is 2. The van der Waals surface area contributed by atoms with E-state index < -0.39 is 18.2 Å². The van der Waals surface area contributed by atoms with E-state index in [4.69, 9.17) is 4.74 Å². The molecule has 1 amide bonds. The van der Waals surface area contributed by atoms with Crippen LogP contribution in [0.15, 0.2) is 72.9 Å². The normalized spacial score (nSPS) is 13.9. The van der Waals surface area contributed by atoms with E-state index in [0.29, 0.717) is 19.3 Å². The second kappa shape index (κ2) is 47.4. The van der Waals surface area contributed by atoms with E-state index in [1.807, 2.05) is 0 Å². The van der Waals surface area contributed by atoms with Crippen molar-refractivity contribution in [2.75, 3.05) is 6.61 Å². The highest BCUT2D eigenvalue weighted by atomic mass is 16.5. The maximum atomic E-state index is 13.2. The Kier molecular flexibility index (Phi) is 45.2. The second-order valence-electron chi connectivity index (χ2n) is 16.9. The molecule has 6 heteroatoms. The molecule has 0 aromatic heterocycles. The van der Waals surface area contributed by atoms with Crippen LogP contribution in [0, 0.1) is 0 Å². The molecule has 346 valence electrons. The zero-order chi connectivity index (χ0) is 43.8. The minimum Gasteiger partial charge on any atom is -0.462 e. The van der Waals surface area contributed by atoms with Crippen LogP contribution >= 0.6 is 0 Å². The molecule has 0 spiro atoms.